The van der Waals surface area contributed by atoms with Crippen molar-refractivity contribution in [2.45, 2.75) is 40.3 Å². The first-order chi connectivity index (χ1) is 8.75. The van der Waals surface area contributed by atoms with Crippen molar-refractivity contribution < 1.29 is 10.2 Å². The van der Waals surface area contributed by atoms with Gasteiger partial charge in [0.15, 0.2) is 0 Å². The Bertz CT molecular complexity index is 419. The number of phenolic OH excluding ortho intramolecular Hbond substituents is 1. The Kier molecular flexibility index (Phi) is 5.83. The van der Waals surface area contributed by atoms with Crippen LogP contribution < -0.4 is 5.32 Å². The van der Waals surface area contributed by atoms with Crippen LogP contribution in [-0.2, 0) is 6.54 Å². The highest BCUT2D eigenvalue weighted by Gasteiger charge is 2.29. The van der Waals surface area contributed by atoms with Crippen LogP contribution in [0.15, 0.2) is 22.7 Å². The highest BCUT2D eigenvalue weighted by atomic mass is 79.9. The average molecular weight is 330 g/mol. The molecule has 0 radical (unpaired) electrons. The van der Waals surface area contributed by atoms with E-state index in [4.69, 9.17) is 0 Å². The second kappa shape index (κ2) is 6.73. The number of hydrogen-bond acceptors (Lipinski definition) is 3. The molecule has 0 aliphatic carbocycles. The van der Waals surface area contributed by atoms with Gasteiger partial charge in [-0.1, -0.05) is 39.8 Å². The Hall–Kier alpha value is -0.580. The molecule has 0 amide bonds. The second-order valence-corrected chi connectivity index (χ2v) is 6.88. The van der Waals surface area contributed by atoms with E-state index < -0.39 is 0 Å². The van der Waals surface area contributed by atoms with E-state index in [1.54, 1.807) is 0 Å². The summed E-state index contributed by atoms with van der Waals surface area (Å²) in [5.74, 6) is 0.508. The molecule has 0 saturated carbocycles. The van der Waals surface area contributed by atoms with Crippen LogP contribution in [0.3, 0.4) is 0 Å². The minimum Gasteiger partial charge on any atom is -0.506 e. The van der Waals surface area contributed by atoms with Gasteiger partial charge in [0.1, 0.15) is 5.75 Å². The summed E-state index contributed by atoms with van der Waals surface area (Å²) in [6.45, 7) is 9.41. The zero-order valence-electron chi connectivity index (χ0n) is 12.1. The van der Waals surface area contributed by atoms with Crippen LogP contribution in [0.4, 0.5) is 0 Å². The van der Waals surface area contributed by atoms with Crippen LogP contribution in [0.1, 0.15) is 33.3 Å². The van der Waals surface area contributed by atoms with E-state index in [1.807, 2.05) is 45.9 Å². The number of aliphatic hydroxyl groups excluding tert-OH is 1. The van der Waals surface area contributed by atoms with E-state index in [0.717, 1.165) is 5.56 Å². The van der Waals surface area contributed by atoms with Crippen molar-refractivity contribution in [3.63, 3.8) is 0 Å². The van der Waals surface area contributed by atoms with Crippen LogP contribution in [0.2, 0.25) is 0 Å². The van der Waals surface area contributed by atoms with E-state index in [0.29, 0.717) is 17.6 Å². The maximum absolute atomic E-state index is 10.2. The number of nitrogens with one attached hydrogen (secondary N) is 1. The minimum atomic E-state index is -0.351. The number of aliphatic hydroxyl groups is 1. The monoisotopic (exact) mass is 329 g/mol. The second-order valence-electron chi connectivity index (χ2n) is 6.03. The Morgan fingerprint density at radius 2 is 1.95 bits per heavy atom. The van der Waals surface area contributed by atoms with Gasteiger partial charge >= 0.3 is 0 Å². The molecule has 1 aromatic rings. The molecule has 108 valence electrons. The third-order valence-electron chi connectivity index (χ3n) is 3.40. The van der Waals surface area contributed by atoms with Gasteiger partial charge in [0.25, 0.3) is 0 Å². The van der Waals surface area contributed by atoms with E-state index >= 15 is 0 Å². The number of rotatable bonds is 6. The first-order valence-corrected chi connectivity index (χ1v) is 7.40. The molecule has 0 aliphatic heterocycles. The van der Waals surface area contributed by atoms with E-state index in [2.05, 4.69) is 21.2 Å². The summed E-state index contributed by atoms with van der Waals surface area (Å²) in [6.07, 6.45) is -0.351. The molecule has 1 rings (SSSR count). The highest BCUT2D eigenvalue weighted by Crippen LogP contribution is 2.28. The molecule has 3 nitrogen and oxygen atoms in total. The predicted molar refractivity (Wildman–Crippen MR) is 82.1 cm³/mol. The molecule has 1 unspecified atom stereocenters. The fourth-order valence-electron chi connectivity index (χ4n) is 2.23. The van der Waals surface area contributed by atoms with Gasteiger partial charge in [-0.25, -0.2) is 0 Å². The fraction of sp³-hybridized carbons (Fsp3) is 0.600. The summed E-state index contributed by atoms with van der Waals surface area (Å²) in [5.41, 5.74) is 0.653. The molecule has 19 heavy (non-hydrogen) atoms. The van der Waals surface area contributed by atoms with Crippen LogP contribution in [0, 0.1) is 11.3 Å². The van der Waals surface area contributed by atoms with Crippen molar-refractivity contribution in [2.75, 3.05) is 6.54 Å². The molecule has 0 spiro atoms. The van der Waals surface area contributed by atoms with Crippen molar-refractivity contribution in [3.05, 3.63) is 28.2 Å². The molecule has 0 heterocycles. The maximum atomic E-state index is 10.2. The van der Waals surface area contributed by atoms with Gasteiger partial charge in [0.2, 0.25) is 0 Å². The van der Waals surface area contributed by atoms with Gasteiger partial charge in [-0.05, 0) is 27.9 Å². The lowest BCUT2D eigenvalue weighted by Crippen LogP contribution is -2.41. The van der Waals surface area contributed by atoms with Crippen molar-refractivity contribution in [1.29, 1.82) is 0 Å². The third-order valence-corrected chi connectivity index (χ3v) is 4.04. The summed E-state index contributed by atoms with van der Waals surface area (Å²) >= 11 is 3.30. The summed E-state index contributed by atoms with van der Waals surface area (Å²) in [5, 5.41) is 23.3. The molecular weight excluding hydrogens is 306 g/mol. The first kappa shape index (κ1) is 16.5. The number of aromatic hydroxyl groups is 1. The number of hydrogen-bond donors (Lipinski definition) is 3. The van der Waals surface area contributed by atoms with E-state index in [9.17, 15) is 10.2 Å². The first-order valence-electron chi connectivity index (χ1n) is 6.61. The number of halogens is 1. The van der Waals surface area contributed by atoms with Crippen molar-refractivity contribution >= 4 is 15.9 Å². The molecule has 3 N–H and O–H groups in total. The van der Waals surface area contributed by atoms with E-state index in [1.165, 1.54) is 0 Å². The van der Waals surface area contributed by atoms with Crippen molar-refractivity contribution in [3.8, 4) is 5.75 Å². The van der Waals surface area contributed by atoms with Crippen LogP contribution in [0.25, 0.3) is 0 Å². The summed E-state index contributed by atoms with van der Waals surface area (Å²) in [6, 6.07) is 5.60. The quantitative estimate of drug-likeness (QED) is 0.750. The molecule has 4 heteroatoms. The Morgan fingerprint density at radius 1 is 1.32 bits per heavy atom. The minimum absolute atomic E-state index is 0.199. The molecular formula is C15H24BrNO2. The summed E-state index contributed by atoms with van der Waals surface area (Å²) in [7, 11) is 0. The van der Waals surface area contributed by atoms with Gasteiger partial charge in [-0.3, -0.25) is 0 Å². The topological polar surface area (TPSA) is 52.5 Å². The van der Waals surface area contributed by atoms with Crippen molar-refractivity contribution in [1.82, 2.24) is 5.32 Å². The number of para-hydroxylation sites is 1. The van der Waals surface area contributed by atoms with Crippen LogP contribution in [-0.4, -0.2) is 22.9 Å². The summed E-state index contributed by atoms with van der Waals surface area (Å²) < 4.78 is 0.702. The zero-order valence-corrected chi connectivity index (χ0v) is 13.7. The standard InChI is InChI=1S/C15H24BrNO2/c1-10(2)14(19)15(3,4)9-17-8-11-6-5-7-12(16)13(11)18/h5-7,10,14,17-19H,8-9H2,1-4H3. The van der Waals surface area contributed by atoms with Gasteiger partial charge in [0, 0.05) is 24.1 Å². The van der Waals surface area contributed by atoms with Gasteiger partial charge < -0.3 is 15.5 Å². The lowest BCUT2D eigenvalue weighted by atomic mass is 9.80. The molecule has 1 aromatic carbocycles. The van der Waals surface area contributed by atoms with Crippen LogP contribution in [0.5, 0.6) is 5.75 Å². The zero-order chi connectivity index (χ0) is 14.6. The van der Waals surface area contributed by atoms with Crippen LogP contribution >= 0.6 is 15.9 Å². The van der Waals surface area contributed by atoms with Crippen molar-refractivity contribution in [2.24, 2.45) is 11.3 Å². The lowest BCUT2D eigenvalue weighted by Gasteiger charge is -2.33. The summed E-state index contributed by atoms with van der Waals surface area (Å²) in [4.78, 5) is 0. The number of phenols is 1. The van der Waals surface area contributed by atoms with Gasteiger partial charge in [-0.15, -0.1) is 0 Å². The molecule has 1 atom stereocenters. The Balaban J connectivity index is 2.57. The Morgan fingerprint density at radius 3 is 2.53 bits per heavy atom. The normalized spacial score (nSPS) is 13.8. The lowest BCUT2D eigenvalue weighted by molar-refractivity contribution is 0.0134. The maximum Gasteiger partial charge on any atom is 0.134 e. The average Bonchev–Trinajstić information content (AvgIpc) is 2.33. The molecule has 0 fully saturated rings. The molecule has 0 bridgehead atoms. The predicted octanol–water partition coefficient (Wildman–Crippen LogP) is 3.29. The van der Waals surface area contributed by atoms with E-state index in [-0.39, 0.29) is 23.2 Å². The third kappa shape index (κ3) is 4.48. The molecule has 0 aromatic heterocycles. The highest BCUT2D eigenvalue weighted by molar-refractivity contribution is 9.10. The Labute approximate surface area is 124 Å². The molecule has 0 saturated heterocycles. The molecule has 0 aliphatic rings. The van der Waals surface area contributed by atoms with Gasteiger partial charge in [-0.2, -0.15) is 0 Å². The smallest absolute Gasteiger partial charge is 0.134 e. The fourth-order valence-corrected chi connectivity index (χ4v) is 2.64. The largest absolute Gasteiger partial charge is 0.506 e. The van der Waals surface area contributed by atoms with Gasteiger partial charge in [0.05, 0.1) is 10.6 Å². The SMILES string of the molecule is CC(C)C(O)C(C)(C)CNCc1cccc(Br)c1O. The number of benzene rings is 1.